The Morgan fingerprint density at radius 1 is 1.03 bits per heavy atom. The number of carbonyl (C=O) groups is 1. The van der Waals surface area contributed by atoms with Crippen molar-refractivity contribution >= 4 is 11.8 Å². The highest BCUT2D eigenvalue weighted by Crippen LogP contribution is 2.42. The molecule has 222 valence electrons. The molecule has 0 aromatic heterocycles. The molecule has 2 aliphatic rings. The van der Waals surface area contributed by atoms with Crippen molar-refractivity contribution in [3.63, 3.8) is 0 Å². The molecule has 0 aliphatic carbocycles. The molecule has 2 heterocycles. The number of hydrogen-bond acceptors (Lipinski definition) is 6. The van der Waals surface area contributed by atoms with Gasteiger partial charge in [0, 0.05) is 38.3 Å². The molecule has 1 N–H and O–H groups in total. The van der Waals surface area contributed by atoms with Gasteiger partial charge in [-0.15, -0.1) is 0 Å². The van der Waals surface area contributed by atoms with Gasteiger partial charge in [-0.3, -0.25) is 0 Å². The maximum absolute atomic E-state index is 13.7. The summed E-state index contributed by atoms with van der Waals surface area (Å²) in [5.74, 6) is -0.133. The third kappa shape index (κ3) is 8.72. The Kier molecular flexibility index (Phi) is 9.87. The minimum absolute atomic E-state index is 0.0475. The lowest BCUT2D eigenvalue weighted by Gasteiger charge is -2.42. The number of nitrogens with zero attached hydrogens (tertiary/aromatic N) is 2. The van der Waals surface area contributed by atoms with E-state index in [9.17, 15) is 23.1 Å². The number of benzene rings is 1. The second kappa shape index (κ2) is 12.2. The monoisotopic (exact) mass is 558 g/mol. The van der Waals surface area contributed by atoms with Crippen molar-refractivity contribution in [3.8, 4) is 0 Å². The van der Waals surface area contributed by atoms with Gasteiger partial charge in [0.05, 0.1) is 23.8 Å². The molecule has 3 rings (SSSR count). The van der Waals surface area contributed by atoms with Crippen molar-refractivity contribution in [1.29, 1.82) is 0 Å². The van der Waals surface area contributed by atoms with Gasteiger partial charge < -0.3 is 29.1 Å². The number of anilines is 1. The predicted octanol–water partition coefficient (Wildman–Crippen LogP) is 6.18. The van der Waals surface area contributed by atoms with E-state index < -0.39 is 35.3 Å². The number of methoxy groups -OCH3 is 1. The van der Waals surface area contributed by atoms with Gasteiger partial charge in [-0.2, -0.15) is 13.2 Å². The summed E-state index contributed by atoms with van der Waals surface area (Å²) in [6, 6.07) is 3.75. The standard InChI is InChI=1S/C29H45F3N2O5/c1-27(2,3)38-25(35)19-10-13-33(14-11-19)24-17-21(29(30,31)32)8-9-23(24)20-12-15-34(22(16-20)18-37-7)26(36)39-28(4,5)6/h8-9,17,19-20,22,25,35H,10-16,18H2,1-7H3/t20-,22-,25?/m0/s1. The van der Waals surface area contributed by atoms with E-state index in [4.69, 9.17) is 14.2 Å². The fraction of sp³-hybridized carbons (Fsp3) is 0.759. The first-order chi connectivity index (χ1) is 18.0. The quantitative estimate of drug-likeness (QED) is 0.420. The second-order valence-corrected chi connectivity index (χ2v) is 12.7. The summed E-state index contributed by atoms with van der Waals surface area (Å²) in [5.41, 5.74) is -0.389. The average molecular weight is 559 g/mol. The molecule has 0 spiro atoms. The topological polar surface area (TPSA) is 71.5 Å². The normalized spacial score (nSPS) is 22.6. The molecule has 2 fully saturated rings. The van der Waals surface area contributed by atoms with Gasteiger partial charge in [-0.25, -0.2) is 4.79 Å². The Labute approximate surface area is 230 Å². The molecule has 1 unspecified atom stereocenters. The third-order valence-electron chi connectivity index (χ3n) is 7.26. The average Bonchev–Trinajstić information content (AvgIpc) is 2.81. The van der Waals surface area contributed by atoms with Crippen LogP contribution in [0.5, 0.6) is 0 Å². The molecular formula is C29H45F3N2O5. The number of aliphatic hydroxyl groups is 1. The van der Waals surface area contributed by atoms with Crippen molar-refractivity contribution in [2.75, 3.05) is 38.3 Å². The molecule has 1 aromatic rings. The van der Waals surface area contributed by atoms with Gasteiger partial charge in [0.1, 0.15) is 5.60 Å². The summed E-state index contributed by atoms with van der Waals surface area (Å²) in [6.45, 7) is 12.8. The van der Waals surface area contributed by atoms with E-state index in [-0.39, 0.29) is 17.9 Å². The molecule has 7 nitrogen and oxygen atoms in total. The molecule has 10 heteroatoms. The van der Waals surface area contributed by atoms with Crippen molar-refractivity contribution < 1.29 is 37.3 Å². The van der Waals surface area contributed by atoms with Crippen LogP contribution >= 0.6 is 0 Å². The van der Waals surface area contributed by atoms with E-state index in [1.807, 2.05) is 46.4 Å². The van der Waals surface area contributed by atoms with Crippen LogP contribution < -0.4 is 4.90 Å². The van der Waals surface area contributed by atoms with Crippen molar-refractivity contribution in [3.05, 3.63) is 29.3 Å². The molecule has 2 aliphatic heterocycles. The Bertz CT molecular complexity index is 965. The molecule has 2 saturated heterocycles. The second-order valence-electron chi connectivity index (χ2n) is 12.7. The number of ether oxygens (including phenoxy) is 3. The summed E-state index contributed by atoms with van der Waals surface area (Å²) in [6.07, 6.45) is -3.41. The SMILES string of the molecule is COC[C@@H]1C[C@@H](c2ccc(C(F)(F)F)cc2N2CCC(C(O)OC(C)(C)C)CC2)CCN1C(=O)OC(C)(C)C. The zero-order chi connectivity index (χ0) is 29.2. The lowest BCUT2D eigenvalue weighted by atomic mass is 9.83. The van der Waals surface area contributed by atoms with E-state index in [0.29, 0.717) is 57.6 Å². The fourth-order valence-electron chi connectivity index (χ4n) is 5.47. The van der Waals surface area contributed by atoms with E-state index in [0.717, 1.165) is 11.6 Å². The minimum atomic E-state index is -4.46. The summed E-state index contributed by atoms with van der Waals surface area (Å²) in [4.78, 5) is 16.5. The Morgan fingerprint density at radius 2 is 1.67 bits per heavy atom. The van der Waals surface area contributed by atoms with Crippen LogP contribution in [0.2, 0.25) is 0 Å². The summed E-state index contributed by atoms with van der Waals surface area (Å²) < 4.78 is 57.9. The smallest absolute Gasteiger partial charge is 0.416 e. The lowest BCUT2D eigenvalue weighted by molar-refractivity contribution is -0.194. The van der Waals surface area contributed by atoms with E-state index in [1.54, 1.807) is 18.1 Å². The summed E-state index contributed by atoms with van der Waals surface area (Å²) in [7, 11) is 1.57. The fourth-order valence-corrected chi connectivity index (χ4v) is 5.47. The number of aliphatic hydroxyl groups excluding tert-OH is 1. The van der Waals surface area contributed by atoms with Gasteiger partial charge in [0.25, 0.3) is 0 Å². The number of carbonyl (C=O) groups excluding carboxylic acids is 1. The van der Waals surface area contributed by atoms with Gasteiger partial charge >= 0.3 is 12.3 Å². The maximum Gasteiger partial charge on any atom is 0.416 e. The molecule has 0 saturated carbocycles. The minimum Gasteiger partial charge on any atom is -0.444 e. The Balaban J connectivity index is 1.83. The van der Waals surface area contributed by atoms with Crippen LogP contribution in [0.15, 0.2) is 18.2 Å². The molecule has 0 radical (unpaired) electrons. The summed E-state index contributed by atoms with van der Waals surface area (Å²) in [5, 5.41) is 10.6. The van der Waals surface area contributed by atoms with Crippen molar-refractivity contribution in [2.45, 2.75) is 103 Å². The highest BCUT2D eigenvalue weighted by atomic mass is 19.4. The molecule has 1 aromatic carbocycles. The summed E-state index contributed by atoms with van der Waals surface area (Å²) >= 11 is 0. The van der Waals surface area contributed by atoms with Crippen LogP contribution in [0.1, 0.15) is 84.3 Å². The molecule has 1 amide bonds. The Morgan fingerprint density at radius 3 is 2.21 bits per heavy atom. The maximum atomic E-state index is 13.7. The van der Waals surface area contributed by atoms with Crippen LogP contribution in [-0.4, -0.2) is 73.0 Å². The third-order valence-corrected chi connectivity index (χ3v) is 7.26. The molecular weight excluding hydrogens is 513 g/mol. The number of piperidine rings is 2. The number of rotatable bonds is 6. The number of alkyl halides is 3. The first kappa shape index (κ1) is 31.5. The van der Waals surface area contributed by atoms with E-state index >= 15 is 0 Å². The van der Waals surface area contributed by atoms with Crippen LogP contribution in [0.25, 0.3) is 0 Å². The van der Waals surface area contributed by atoms with Crippen molar-refractivity contribution in [1.82, 2.24) is 4.90 Å². The lowest BCUT2D eigenvalue weighted by Crippen LogP contribution is -2.49. The number of likely N-dealkylation sites (tertiary alicyclic amines) is 1. The van der Waals surface area contributed by atoms with Crippen LogP contribution in [0, 0.1) is 5.92 Å². The van der Waals surface area contributed by atoms with Gasteiger partial charge in [0.15, 0.2) is 6.29 Å². The van der Waals surface area contributed by atoms with Gasteiger partial charge in [-0.1, -0.05) is 6.07 Å². The zero-order valence-corrected chi connectivity index (χ0v) is 24.3. The first-order valence-electron chi connectivity index (χ1n) is 13.8. The number of hydrogen-bond donors (Lipinski definition) is 1. The van der Waals surface area contributed by atoms with Gasteiger partial charge in [0.2, 0.25) is 0 Å². The van der Waals surface area contributed by atoms with Crippen LogP contribution in [0.4, 0.5) is 23.7 Å². The zero-order valence-electron chi connectivity index (χ0n) is 24.3. The number of halogens is 3. The van der Waals surface area contributed by atoms with Crippen LogP contribution in [-0.2, 0) is 20.4 Å². The predicted molar refractivity (Wildman–Crippen MR) is 144 cm³/mol. The van der Waals surface area contributed by atoms with E-state index in [1.165, 1.54) is 6.07 Å². The highest BCUT2D eigenvalue weighted by molar-refractivity contribution is 5.69. The van der Waals surface area contributed by atoms with E-state index in [2.05, 4.69) is 0 Å². The Hall–Kier alpha value is -2.04. The first-order valence-corrected chi connectivity index (χ1v) is 13.8. The van der Waals surface area contributed by atoms with Gasteiger partial charge in [-0.05, 0) is 90.8 Å². The van der Waals surface area contributed by atoms with Crippen LogP contribution in [0.3, 0.4) is 0 Å². The molecule has 0 bridgehead atoms. The number of amides is 1. The molecule has 39 heavy (non-hydrogen) atoms. The molecule has 3 atom stereocenters. The largest absolute Gasteiger partial charge is 0.444 e. The van der Waals surface area contributed by atoms with Crippen molar-refractivity contribution in [2.24, 2.45) is 5.92 Å². The highest BCUT2D eigenvalue weighted by Gasteiger charge is 2.38.